The minimum Gasteiger partial charge on any atom is -0.347 e. The van der Waals surface area contributed by atoms with Crippen molar-refractivity contribution < 1.29 is 4.79 Å². The highest BCUT2D eigenvalue weighted by Crippen LogP contribution is 1.81. The number of hydrogen-bond donors (Lipinski definition) is 1. The Kier molecular flexibility index (Phi) is 5.86. The Morgan fingerprint density at radius 2 is 1.89 bits per heavy atom. The highest BCUT2D eigenvalue weighted by atomic mass is 35.5. The molecule has 0 bridgehead atoms. The molecule has 1 atom stereocenters. The van der Waals surface area contributed by atoms with E-state index in [0.717, 1.165) is 0 Å². The molecule has 0 spiro atoms. The van der Waals surface area contributed by atoms with E-state index in [1.54, 1.807) is 21.0 Å². The molecule has 56 valence electrons. The van der Waals surface area contributed by atoms with E-state index in [9.17, 15) is 4.79 Å². The SMILES string of the molecule is CC(N)C(=O)N(C)C.Cl. The van der Waals surface area contributed by atoms with Gasteiger partial charge in [-0.25, -0.2) is 0 Å². The number of hydrogen-bond acceptors (Lipinski definition) is 2. The van der Waals surface area contributed by atoms with Crippen molar-refractivity contribution in [2.75, 3.05) is 14.1 Å². The number of amides is 1. The summed E-state index contributed by atoms with van der Waals surface area (Å²) in [4.78, 5) is 12.1. The third kappa shape index (κ3) is 4.24. The number of nitrogens with two attached hydrogens (primary N) is 1. The third-order valence-corrected chi connectivity index (χ3v) is 0.830. The van der Waals surface area contributed by atoms with Crippen LogP contribution >= 0.6 is 12.4 Å². The molecule has 0 saturated heterocycles. The largest absolute Gasteiger partial charge is 0.347 e. The number of carbonyl (C=O) groups excluding carboxylic acids is 1. The van der Waals surface area contributed by atoms with Crippen molar-refractivity contribution in [1.29, 1.82) is 0 Å². The first-order chi connectivity index (χ1) is 3.55. The predicted molar refractivity (Wildman–Crippen MR) is 39.6 cm³/mol. The van der Waals surface area contributed by atoms with Crippen LogP contribution in [0.1, 0.15) is 6.92 Å². The number of likely N-dealkylation sites (N-methyl/N-ethyl adjacent to an activating group) is 1. The van der Waals surface area contributed by atoms with Crippen molar-refractivity contribution in [2.45, 2.75) is 13.0 Å². The highest BCUT2D eigenvalue weighted by molar-refractivity contribution is 5.85. The van der Waals surface area contributed by atoms with E-state index in [-0.39, 0.29) is 24.4 Å². The molecule has 9 heavy (non-hydrogen) atoms. The summed E-state index contributed by atoms with van der Waals surface area (Å²) in [7, 11) is 3.37. The van der Waals surface area contributed by atoms with Gasteiger partial charge >= 0.3 is 0 Å². The molecule has 1 amide bonds. The molecule has 0 fully saturated rings. The predicted octanol–water partition coefficient (Wildman–Crippen LogP) is -0.156. The molecule has 2 N–H and O–H groups in total. The fourth-order valence-corrected chi connectivity index (χ4v) is 0.407. The van der Waals surface area contributed by atoms with Crippen molar-refractivity contribution in [2.24, 2.45) is 5.73 Å². The minimum absolute atomic E-state index is 0. The smallest absolute Gasteiger partial charge is 0.238 e. The first-order valence-electron chi connectivity index (χ1n) is 2.52. The molecule has 0 heterocycles. The van der Waals surface area contributed by atoms with Crippen molar-refractivity contribution in [3.8, 4) is 0 Å². The van der Waals surface area contributed by atoms with Crippen LogP contribution in [0.3, 0.4) is 0 Å². The van der Waals surface area contributed by atoms with Crippen LogP contribution in [0.15, 0.2) is 0 Å². The summed E-state index contributed by atoms with van der Waals surface area (Å²) < 4.78 is 0. The van der Waals surface area contributed by atoms with Crippen LogP contribution in [-0.2, 0) is 4.79 Å². The Labute approximate surface area is 61.6 Å². The van der Waals surface area contributed by atoms with Crippen LogP contribution in [0.2, 0.25) is 0 Å². The van der Waals surface area contributed by atoms with Crippen LogP contribution in [0.4, 0.5) is 0 Å². The van der Waals surface area contributed by atoms with E-state index < -0.39 is 0 Å². The van der Waals surface area contributed by atoms with Crippen molar-refractivity contribution >= 4 is 18.3 Å². The second-order valence-corrected chi connectivity index (χ2v) is 2.02. The van der Waals surface area contributed by atoms with E-state index in [2.05, 4.69) is 0 Å². The molecule has 0 rings (SSSR count). The van der Waals surface area contributed by atoms with Gasteiger partial charge in [-0.1, -0.05) is 0 Å². The highest BCUT2D eigenvalue weighted by Gasteiger charge is 2.07. The maximum atomic E-state index is 10.6. The molecule has 0 aliphatic rings. The van der Waals surface area contributed by atoms with Crippen LogP contribution in [0.25, 0.3) is 0 Å². The maximum Gasteiger partial charge on any atom is 0.238 e. The van der Waals surface area contributed by atoms with E-state index in [1.165, 1.54) is 4.90 Å². The lowest BCUT2D eigenvalue weighted by Gasteiger charge is -2.11. The first-order valence-corrected chi connectivity index (χ1v) is 2.52. The fraction of sp³-hybridized carbons (Fsp3) is 0.800. The van der Waals surface area contributed by atoms with Crippen molar-refractivity contribution in [3.05, 3.63) is 0 Å². The first kappa shape index (κ1) is 11.5. The van der Waals surface area contributed by atoms with Gasteiger partial charge in [-0.3, -0.25) is 4.79 Å². The summed E-state index contributed by atoms with van der Waals surface area (Å²) in [5.74, 6) is -0.0370. The van der Waals surface area contributed by atoms with E-state index in [1.807, 2.05) is 0 Å². The second kappa shape index (κ2) is 4.58. The molecule has 0 aliphatic carbocycles. The fourth-order valence-electron chi connectivity index (χ4n) is 0.407. The molecule has 0 aromatic carbocycles. The lowest BCUT2D eigenvalue weighted by molar-refractivity contribution is -0.129. The average Bonchev–Trinajstić information content (AvgIpc) is 1.64. The Hall–Kier alpha value is -0.280. The van der Waals surface area contributed by atoms with Gasteiger partial charge in [0.15, 0.2) is 0 Å². The summed E-state index contributed by atoms with van der Waals surface area (Å²) >= 11 is 0. The number of rotatable bonds is 1. The van der Waals surface area contributed by atoms with Crippen LogP contribution < -0.4 is 5.73 Å². The lowest BCUT2D eigenvalue weighted by atomic mass is 10.3. The molecule has 0 saturated carbocycles. The molecule has 0 aromatic rings. The summed E-state index contributed by atoms with van der Waals surface area (Å²) in [6.07, 6.45) is 0. The van der Waals surface area contributed by atoms with E-state index in [4.69, 9.17) is 5.73 Å². The van der Waals surface area contributed by atoms with Gasteiger partial charge in [-0.2, -0.15) is 0 Å². The van der Waals surface area contributed by atoms with Gasteiger partial charge in [0.1, 0.15) is 0 Å². The van der Waals surface area contributed by atoms with Gasteiger partial charge in [0.25, 0.3) is 0 Å². The summed E-state index contributed by atoms with van der Waals surface area (Å²) in [5, 5.41) is 0. The molecule has 0 radical (unpaired) electrons. The number of carbonyl (C=O) groups is 1. The molecule has 4 heteroatoms. The van der Waals surface area contributed by atoms with Gasteiger partial charge in [0.2, 0.25) is 5.91 Å². The van der Waals surface area contributed by atoms with Gasteiger partial charge < -0.3 is 10.6 Å². The van der Waals surface area contributed by atoms with Crippen molar-refractivity contribution in [1.82, 2.24) is 4.90 Å². The Morgan fingerprint density at radius 1 is 1.56 bits per heavy atom. The lowest BCUT2D eigenvalue weighted by Crippen LogP contribution is -2.37. The van der Waals surface area contributed by atoms with Gasteiger partial charge in [-0.05, 0) is 6.92 Å². The topological polar surface area (TPSA) is 46.3 Å². The minimum atomic E-state index is -0.370. The van der Waals surface area contributed by atoms with Crippen LogP contribution in [-0.4, -0.2) is 30.9 Å². The standard InChI is InChI=1S/C5H12N2O.ClH/c1-4(6)5(8)7(2)3;/h4H,6H2,1-3H3;1H. The van der Waals surface area contributed by atoms with Crippen molar-refractivity contribution in [3.63, 3.8) is 0 Å². The van der Waals surface area contributed by atoms with E-state index >= 15 is 0 Å². The number of nitrogens with zero attached hydrogens (tertiary/aromatic N) is 1. The maximum absolute atomic E-state index is 10.6. The molecule has 0 aromatic heterocycles. The molecule has 0 aliphatic heterocycles. The summed E-state index contributed by atoms with van der Waals surface area (Å²) in [6.45, 7) is 1.67. The Morgan fingerprint density at radius 3 is 1.89 bits per heavy atom. The third-order valence-electron chi connectivity index (χ3n) is 0.830. The van der Waals surface area contributed by atoms with Crippen LogP contribution in [0.5, 0.6) is 0 Å². The summed E-state index contributed by atoms with van der Waals surface area (Å²) in [6, 6.07) is -0.370. The summed E-state index contributed by atoms with van der Waals surface area (Å²) in [5.41, 5.74) is 5.25. The molecule has 3 nitrogen and oxygen atoms in total. The monoisotopic (exact) mass is 152 g/mol. The zero-order valence-corrected chi connectivity index (χ0v) is 6.73. The Bertz CT molecular complexity index is 83.0. The molecular weight excluding hydrogens is 140 g/mol. The zero-order valence-electron chi connectivity index (χ0n) is 5.92. The quantitative estimate of drug-likeness (QED) is 0.568. The molecular formula is C5H13ClN2O. The second-order valence-electron chi connectivity index (χ2n) is 2.02. The number of halogens is 1. The zero-order chi connectivity index (χ0) is 6.73. The normalized spacial score (nSPS) is 11.6. The van der Waals surface area contributed by atoms with Gasteiger partial charge in [0, 0.05) is 14.1 Å². The average molecular weight is 153 g/mol. The van der Waals surface area contributed by atoms with Crippen LogP contribution in [0, 0.1) is 0 Å². The molecule has 1 unspecified atom stereocenters. The van der Waals surface area contributed by atoms with Gasteiger partial charge in [-0.15, -0.1) is 12.4 Å². The van der Waals surface area contributed by atoms with E-state index in [0.29, 0.717) is 0 Å². The van der Waals surface area contributed by atoms with Gasteiger partial charge in [0.05, 0.1) is 6.04 Å². The Balaban J connectivity index is 0.